The summed E-state index contributed by atoms with van der Waals surface area (Å²) in [5.74, 6) is -5.16. The number of carbonyl (C=O) groups excluding carboxylic acids is 4. The lowest BCUT2D eigenvalue weighted by molar-refractivity contribution is -0.141. The first kappa shape index (κ1) is 20.7. The molecule has 0 aliphatic rings. The van der Waals surface area contributed by atoms with Crippen LogP contribution in [0.5, 0.6) is 0 Å². The van der Waals surface area contributed by atoms with Gasteiger partial charge in [-0.25, -0.2) is 4.79 Å². The van der Waals surface area contributed by atoms with Gasteiger partial charge in [-0.3, -0.25) is 19.2 Å². The normalized spacial score (nSPS) is 14.2. The van der Waals surface area contributed by atoms with Gasteiger partial charge in [-0.2, -0.15) is 12.6 Å². The maximum atomic E-state index is 12.0. The van der Waals surface area contributed by atoms with Crippen LogP contribution in [0, 0.1) is 0 Å². The van der Waals surface area contributed by atoms with Crippen LogP contribution in [0.1, 0.15) is 12.8 Å². The molecule has 0 aromatic carbocycles. The van der Waals surface area contributed by atoms with Gasteiger partial charge < -0.3 is 32.9 Å². The lowest BCUT2D eigenvalue weighted by Crippen LogP contribution is -2.56. The third-order valence-corrected chi connectivity index (χ3v) is 2.96. The van der Waals surface area contributed by atoms with E-state index < -0.39 is 60.6 Å². The molecule has 12 heteroatoms. The number of hydrogen-bond donors (Lipinski definition) is 7. The number of thiol groups is 1. The molecule has 9 N–H and O–H groups in total. The molecule has 130 valence electrons. The topological polar surface area (TPSA) is 208 Å². The van der Waals surface area contributed by atoms with Crippen LogP contribution in [-0.2, 0) is 24.0 Å². The van der Waals surface area contributed by atoms with Crippen LogP contribution in [0.4, 0.5) is 0 Å². The number of aliphatic carboxylic acids is 1. The van der Waals surface area contributed by atoms with E-state index >= 15 is 0 Å². The molecule has 0 aromatic heterocycles. The van der Waals surface area contributed by atoms with E-state index in [9.17, 15) is 24.0 Å². The molecule has 11 nitrogen and oxygen atoms in total. The Morgan fingerprint density at radius 2 is 1.39 bits per heavy atom. The highest BCUT2D eigenvalue weighted by molar-refractivity contribution is 7.80. The van der Waals surface area contributed by atoms with Crippen LogP contribution in [-0.4, -0.2) is 58.6 Å². The second-order valence-electron chi connectivity index (χ2n) is 4.59. The number of amides is 4. The Bertz CT molecular complexity index is 499. The van der Waals surface area contributed by atoms with Crippen molar-refractivity contribution in [3.63, 3.8) is 0 Å². The van der Waals surface area contributed by atoms with Gasteiger partial charge in [-0.15, -0.1) is 0 Å². The van der Waals surface area contributed by atoms with E-state index in [0.717, 1.165) is 0 Å². The van der Waals surface area contributed by atoms with Crippen LogP contribution in [0.25, 0.3) is 0 Å². The minimum Gasteiger partial charge on any atom is -0.480 e. The predicted octanol–water partition coefficient (Wildman–Crippen LogP) is -3.95. The standard InChI is InChI=1S/C11H19N5O6S/c12-4(1-7(13)17)9(19)15-5(2-8(14)18)10(20)16-6(3-23)11(21)22/h4-6,23H,1-3,12H2,(H2,13,17)(H2,14,18)(H,15,19)(H,16,20)(H,21,22)/t4-,5-,6-/m0/s1. The number of carboxylic acid groups (broad SMARTS) is 1. The van der Waals surface area contributed by atoms with Gasteiger partial charge in [-0.05, 0) is 0 Å². The Morgan fingerprint density at radius 1 is 0.913 bits per heavy atom. The van der Waals surface area contributed by atoms with Crippen molar-refractivity contribution >= 4 is 42.2 Å². The molecule has 0 unspecified atom stereocenters. The van der Waals surface area contributed by atoms with E-state index in [0.29, 0.717) is 0 Å². The molecular formula is C11H19N5O6S. The highest BCUT2D eigenvalue weighted by Crippen LogP contribution is 1.98. The number of nitrogens with two attached hydrogens (primary N) is 3. The summed E-state index contributed by atoms with van der Waals surface area (Å²) in [6.07, 6.45) is -1.05. The minimum atomic E-state index is -1.44. The molecule has 0 bridgehead atoms. The number of rotatable bonds is 10. The molecule has 23 heavy (non-hydrogen) atoms. The van der Waals surface area contributed by atoms with Crippen LogP contribution in [0.15, 0.2) is 0 Å². The van der Waals surface area contributed by atoms with Crippen molar-refractivity contribution in [2.24, 2.45) is 17.2 Å². The zero-order chi connectivity index (χ0) is 18.2. The second-order valence-corrected chi connectivity index (χ2v) is 4.96. The van der Waals surface area contributed by atoms with Crippen molar-refractivity contribution < 1.29 is 29.1 Å². The van der Waals surface area contributed by atoms with Crippen molar-refractivity contribution in [1.29, 1.82) is 0 Å². The molecule has 0 aliphatic carbocycles. The quantitative estimate of drug-likeness (QED) is 0.194. The fraction of sp³-hybridized carbons (Fsp3) is 0.545. The Hall–Kier alpha value is -2.34. The SMILES string of the molecule is NC(=O)C[C@H](NC(=O)[C@@H](N)CC(N)=O)C(=O)N[C@@H](CS)C(=O)O. The first-order chi connectivity index (χ1) is 10.6. The van der Waals surface area contributed by atoms with Crippen molar-refractivity contribution in [3.8, 4) is 0 Å². The zero-order valence-corrected chi connectivity index (χ0v) is 12.9. The maximum absolute atomic E-state index is 12.0. The third kappa shape index (κ3) is 8.01. The minimum absolute atomic E-state index is 0.209. The van der Waals surface area contributed by atoms with E-state index in [-0.39, 0.29) is 5.75 Å². The molecule has 0 radical (unpaired) electrons. The average Bonchev–Trinajstić information content (AvgIpc) is 2.41. The molecule has 0 rings (SSSR count). The molecule has 0 aromatic rings. The van der Waals surface area contributed by atoms with Gasteiger partial charge in [0.25, 0.3) is 0 Å². The highest BCUT2D eigenvalue weighted by atomic mass is 32.1. The molecule has 0 spiro atoms. The maximum Gasteiger partial charge on any atom is 0.327 e. The predicted molar refractivity (Wildman–Crippen MR) is 80.9 cm³/mol. The number of primary amides is 2. The molecule has 3 atom stereocenters. The van der Waals surface area contributed by atoms with Gasteiger partial charge in [0, 0.05) is 5.75 Å². The number of nitrogens with one attached hydrogen (secondary N) is 2. The van der Waals surface area contributed by atoms with Crippen LogP contribution in [0.2, 0.25) is 0 Å². The molecular weight excluding hydrogens is 330 g/mol. The van der Waals surface area contributed by atoms with Crippen molar-refractivity contribution in [3.05, 3.63) is 0 Å². The van der Waals surface area contributed by atoms with Crippen LogP contribution in [0.3, 0.4) is 0 Å². The summed E-state index contributed by atoms with van der Waals surface area (Å²) in [5.41, 5.74) is 15.3. The Balaban J connectivity index is 4.96. The number of carbonyl (C=O) groups is 5. The molecule has 0 heterocycles. The fourth-order valence-corrected chi connectivity index (χ4v) is 1.70. The highest BCUT2D eigenvalue weighted by Gasteiger charge is 2.28. The van der Waals surface area contributed by atoms with Crippen molar-refractivity contribution in [2.45, 2.75) is 31.0 Å². The summed E-state index contributed by atoms with van der Waals surface area (Å²) in [6.45, 7) is 0. The Morgan fingerprint density at radius 3 is 1.78 bits per heavy atom. The number of hydrogen-bond acceptors (Lipinski definition) is 7. The summed E-state index contributed by atoms with van der Waals surface area (Å²) < 4.78 is 0. The van der Waals surface area contributed by atoms with E-state index in [1.54, 1.807) is 0 Å². The van der Waals surface area contributed by atoms with E-state index in [4.69, 9.17) is 22.3 Å². The summed E-state index contributed by atoms with van der Waals surface area (Å²) in [6, 6.07) is -4.09. The lowest BCUT2D eigenvalue weighted by Gasteiger charge is -2.21. The average molecular weight is 349 g/mol. The van der Waals surface area contributed by atoms with Gasteiger partial charge in [0.1, 0.15) is 12.1 Å². The zero-order valence-electron chi connectivity index (χ0n) is 12.0. The van der Waals surface area contributed by atoms with E-state index in [1.165, 1.54) is 0 Å². The van der Waals surface area contributed by atoms with Crippen molar-refractivity contribution in [1.82, 2.24) is 10.6 Å². The van der Waals surface area contributed by atoms with Gasteiger partial charge in [-0.1, -0.05) is 0 Å². The Labute approximate surface area is 136 Å². The molecule has 0 saturated heterocycles. The van der Waals surface area contributed by atoms with Gasteiger partial charge in [0.15, 0.2) is 0 Å². The van der Waals surface area contributed by atoms with Gasteiger partial charge in [0.2, 0.25) is 23.6 Å². The van der Waals surface area contributed by atoms with Crippen molar-refractivity contribution in [2.75, 3.05) is 5.75 Å². The largest absolute Gasteiger partial charge is 0.480 e. The smallest absolute Gasteiger partial charge is 0.327 e. The van der Waals surface area contributed by atoms with Gasteiger partial charge >= 0.3 is 5.97 Å². The van der Waals surface area contributed by atoms with Crippen LogP contribution >= 0.6 is 12.6 Å². The second kappa shape index (κ2) is 9.63. The monoisotopic (exact) mass is 349 g/mol. The fourth-order valence-electron chi connectivity index (χ4n) is 1.46. The Kier molecular flexibility index (Phi) is 8.65. The molecule has 0 saturated carbocycles. The summed E-state index contributed by atoms with van der Waals surface area (Å²) in [5, 5.41) is 13.0. The first-order valence-electron chi connectivity index (χ1n) is 6.35. The summed E-state index contributed by atoms with van der Waals surface area (Å²) >= 11 is 3.76. The number of carboxylic acids is 1. The summed E-state index contributed by atoms with van der Waals surface area (Å²) in [4.78, 5) is 56.3. The van der Waals surface area contributed by atoms with E-state index in [1.807, 2.05) is 0 Å². The first-order valence-corrected chi connectivity index (χ1v) is 6.98. The van der Waals surface area contributed by atoms with E-state index in [2.05, 4.69) is 23.3 Å². The lowest BCUT2D eigenvalue weighted by atomic mass is 10.1. The summed E-state index contributed by atoms with van der Waals surface area (Å²) in [7, 11) is 0. The molecule has 4 amide bonds. The molecule has 0 aliphatic heterocycles. The third-order valence-electron chi connectivity index (χ3n) is 2.59. The molecule has 0 fully saturated rings. The van der Waals surface area contributed by atoms with Crippen LogP contribution < -0.4 is 27.8 Å². The van der Waals surface area contributed by atoms with Gasteiger partial charge in [0.05, 0.1) is 18.9 Å².